The number of benzene rings is 1. The number of nitrogens with one attached hydrogen (secondary N) is 1. The second-order valence-corrected chi connectivity index (χ2v) is 8.31. The third-order valence-electron chi connectivity index (χ3n) is 5.93. The maximum atomic E-state index is 12.6. The summed E-state index contributed by atoms with van der Waals surface area (Å²) in [5.41, 5.74) is 7.80. The first-order valence-electron chi connectivity index (χ1n) is 11.1. The number of carbonyl (C=O) groups is 3. The summed E-state index contributed by atoms with van der Waals surface area (Å²) < 4.78 is 1.13. The van der Waals surface area contributed by atoms with Crippen molar-refractivity contribution in [3.05, 3.63) is 65.2 Å². The van der Waals surface area contributed by atoms with Crippen molar-refractivity contribution < 1.29 is 14.4 Å². The third-order valence-corrected chi connectivity index (χ3v) is 5.93. The number of primary amides is 1. The molecule has 1 atom stereocenters. The van der Waals surface area contributed by atoms with Gasteiger partial charge in [-0.25, -0.2) is 14.6 Å². The van der Waals surface area contributed by atoms with Gasteiger partial charge in [0.05, 0.1) is 6.04 Å². The molecule has 10 heteroatoms. The molecule has 3 aromatic rings. The van der Waals surface area contributed by atoms with Crippen LogP contribution in [-0.2, 0) is 4.79 Å². The smallest absolute Gasteiger partial charge is 0.298 e. The van der Waals surface area contributed by atoms with E-state index in [2.05, 4.69) is 21.2 Å². The lowest BCUT2D eigenvalue weighted by Crippen LogP contribution is -2.40. The number of anilines is 1. The number of imidazole rings is 1. The van der Waals surface area contributed by atoms with Gasteiger partial charge in [0.1, 0.15) is 11.5 Å². The molecule has 10 nitrogen and oxygen atoms in total. The number of carbonyl (C=O) groups excluding carboxylic acids is 3. The molecule has 0 radical (unpaired) electrons. The molecule has 178 valence electrons. The lowest BCUT2D eigenvalue weighted by molar-refractivity contribution is -0.129. The summed E-state index contributed by atoms with van der Waals surface area (Å²) in [6.07, 6.45) is 9.22. The molecule has 4 rings (SSSR count). The van der Waals surface area contributed by atoms with E-state index in [4.69, 9.17) is 18.0 Å². The number of amides is 3. The Balaban J connectivity index is 1.65. The molecule has 1 aliphatic rings. The van der Waals surface area contributed by atoms with Crippen molar-refractivity contribution in [3.63, 3.8) is 0 Å². The predicted octanol–water partition coefficient (Wildman–Crippen LogP) is 2.01. The van der Waals surface area contributed by atoms with Crippen LogP contribution in [0.4, 0.5) is 5.82 Å². The van der Waals surface area contributed by atoms with E-state index >= 15 is 0 Å². The second-order valence-electron chi connectivity index (χ2n) is 8.31. The van der Waals surface area contributed by atoms with E-state index in [1.807, 2.05) is 13.0 Å². The lowest BCUT2D eigenvalue weighted by Gasteiger charge is -2.33. The van der Waals surface area contributed by atoms with Crippen molar-refractivity contribution in [1.82, 2.24) is 19.5 Å². The Hall–Kier alpha value is -4.65. The number of terminal acetylenes is 1. The standard InChI is InChI=1S/C25H25N7O3/c1-3-20(33)31-13-5-4-6-18(31)24-30-21(22(23(26)34)32(24)27)16-7-9-17(10-8-16)25(35)29-19-14-15(2)11-12-28-19/h1,7-12,14,18H,4-6,13,27H2,2H3,(H2,26,34)(H,28,29,35). The minimum atomic E-state index is -0.765. The summed E-state index contributed by atoms with van der Waals surface area (Å²) in [6, 6.07) is 9.65. The van der Waals surface area contributed by atoms with Gasteiger partial charge in [0, 0.05) is 23.9 Å². The predicted molar refractivity (Wildman–Crippen MR) is 130 cm³/mol. The van der Waals surface area contributed by atoms with Crippen LogP contribution in [0.5, 0.6) is 0 Å². The van der Waals surface area contributed by atoms with E-state index in [1.165, 1.54) is 4.90 Å². The zero-order valence-electron chi connectivity index (χ0n) is 19.2. The normalized spacial score (nSPS) is 15.3. The highest BCUT2D eigenvalue weighted by Crippen LogP contribution is 2.33. The molecule has 3 amide bonds. The molecule has 35 heavy (non-hydrogen) atoms. The first-order valence-corrected chi connectivity index (χ1v) is 11.1. The highest BCUT2D eigenvalue weighted by Gasteiger charge is 2.33. The molecule has 1 saturated heterocycles. The molecule has 0 aliphatic carbocycles. The van der Waals surface area contributed by atoms with Crippen molar-refractivity contribution >= 4 is 23.5 Å². The molecular formula is C25H25N7O3. The van der Waals surface area contributed by atoms with E-state index in [9.17, 15) is 14.4 Å². The molecule has 1 unspecified atom stereocenters. The summed E-state index contributed by atoms with van der Waals surface area (Å²) >= 11 is 0. The fourth-order valence-electron chi connectivity index (χ4n) is 4.22. The van der Waals surface area contributed by atoms with Gasteiger partial charge in [-0.15, -0.1) is 6.42 Å². The van der Waals surface area contributed by atoms with Crippen molar-refractivity contribution in [2.75, 3.05) is 17.7 Å². The first-order chi connectivity index (χ1) is 16.8. The summed E-state index contributed by atoms with van der Waals surface area (Å²) in [5.74, 6) is 7.60. The molecule has 0 spiro atoms. The third kappa shape index (κ3) is 4.70. The van der Waals surface area contributed by atoms with E-state index in [1.54, 1.807) is 36.5 Å². The van der Waals surface area contributed by atoms with Gasteiger partial charge in [-0.3, -0.25) is 14.4 Å². The highest BCUT2D eigenvalue weighted by atomic mass is 16.2. The molecular weight excluding hydrogens is 446 g/mol. The van der Waals surface area contributed by atoms with Gasteiger partial charge in [0.25, 0.3) is 17.7 Å². The molecule has 2 aromatic heterocycles. The van der Waals surface area contributed by atoms with Crippen molar-refractivity contribution in [2.45, 2.75) is 32.2 Å². The average molecular weight is 472 g/mol. The largest absolute Gasteiger partial charge is 0.364 e. The van der Waals surface area contributed by atoms with Gasteiger partial charge in [-0.1, -0.05) is 12.1 Å². The molecule has 0 saturated carbocycles. The van der Waals surface area contributed by atoms with Crippen LogP contribution in [0.25, 0.3) is 11.3 Å². The number of pyridine rings is 1. The highest BCUT2D eigenvalue weighted by molar-refractivity contribution is 6.04. The van der Waals surface area contributed by atoms with Crippen LogP contribution in [0.2, 0.25) is 0 Å². The van der Waals surface area contributed by atoms with E-state index in [0.717, 1.165) is 23.1 Å². The number of likely N-dealkylation sites (tertiary alicyclic amines) is 1. The number of nitrogens with two attached hydrogens (primary N) is 2. The van der Waals surface area contributed by atoms with Crippen LogP contribution in [0.15, 0.2) is 42.6 Å². The summed E-state index contributed by atoms with van der Waals surface area (Å²) in [4.78, 5) is 47.5. The number of nitrogen functional groups attached to an aromatic ring is 1. The van der Waals surface area contributed by atoms with E-state index in [0.29, 0.717) is 35.7 Å². The Morgan fingerprint density at radius 2 is 1.91 bits per heavy atom. The molecule has 1 aliphatic heterocycles. The van der Waals surface area contributed by atoms with Gasteiger partial charge in [0.2, 0.25) is 0 Å². The zero-order valence-corrected chi connectivity index (χ0v) is 19.2. The number of nitrogens with zero attached hydrogens (tertiary/aromatic N) is 4. The van der Waals surface area contributed by atoms with Crippen LogP contribution in [0.3, 0.4) is 0 Å². The Kier molecular flexibility index (Phi) is 6.51. The molecule has 1 fully saturated rings. The number of hydrogen-bond acceptors (Lipinski definition) is 6. The monoisotopic (exact) mass is 471 g/mol. The summed E-state index contributed by atoms with van der Waals surface area (Å²) in [6.45, 7) is 2.38. The Bertz CT molecular complexity index is 1340. The van der Waals surface area contributed by atoms with Crippen molar-refractivity contribution in [2.24, 2.45) is 5.73 Å². The van der Waals surface area contributed by atoms with Gasteiger partial charge >= 0.3 is 0 Å². The first kappa shape index (κ1) is 23.5. The number of aryl methyl sites for hydroxylation is 1. The topological polar surface area (TPSA) is 149 Å². The summed E-state index contributed by atoms with van der Waals surface area (Å²) in [7, 11) is 0. The molecule has 1 aromatic carbocycles. The zero-order chi connectivity index (χ0) is 25.1. The van der Waals surface area contributed by atoms with Crippen LogP contribution < -0.4 is 16.9 Å². The fourth-order valence-corrected chi connectivity index (χ4v) is 4.22. The number of rotatable bonds is 5. The Morgan fingerprint density at radius 1 is 1.17 bits per heavy atom. The maximum Gasteiger partial charge on any atom is 0.298 e. The van der Waals surface area contributed by atoms with E-state index < -0.39 is 17.9 Å². The molecule has 0 bridgehead atoms. The summed E-state index contributed by atoms with van der Waals surface area (Å²) in [5, 5.41) is 2.75. The second kappa shape index (κ2) is 9.69. The average Bonchev–Trinajstić information content (AvgIpc) is 3.20. The van der Waals surface area contributed by atoms with Crippen LogP contribution in [0, 0.1) is 19.3 Å². The Morgan fingerprint density at radius 3 is 2.57 bits per heavy atom. The Labute approximate surface area is 202 Å². The number of aromatic nitrogens is 3. The SMILES string of the molecule is C#CC(=O)N1CCCCC1c1nc(-c2ccc(C(=O)Nc3cc(C)ccn3)cc2)c(C(N)=O)n1N. The van der Waals surface area contributed by atoms with Gasteiger partial charge in [-0.05, 0) is 61.9 Å². The van der Waals surface area contributed by atoms with Crippen molar-refractivity contribution in [1.29, 1.82) is 0 Å². The number of hydrogen-bond donors (Lipinski definition) is 3. The van der Waals surface area contributed by atoms with Crippen molar-refractivity contribution in [3.8, 4) is 23.6 Å². The van der Waals surface area contributed by atoms with E-state index in [-0.39, 0.29) is 17.3 Å². The van der Waals surface area contributed by atoms with Crippen LogP contribution in [-0.4, -0.2) is 43.8 Å². The van der Waals surface area contributed by atoms with Gasteiger partial charge in [0.15, 0.2) is 11.5 Å². The van der Waals surface area contributed by atoms with Crippen LogP contribution >= 0.6 is 0 Å². The number of piperidine rings is 1. The fraction of sp³-hybridized carbons (Fsp3) is 0.240. The van der Waals surface area contributed by atoms with Gasteiger partial charge in [-0.2, -0.15) is 0 Å². The molecule has 3 heterocycles. The molecule has 5 N–H and O–H groups in total. The minimum Gasteiger partial charge on any atom is -0.364 e. The quantitative estimate of drug-likeness (QED) is 0.383. The van der Waals surface area contributed by atoms with Gasteiger partial charge < -0.3 is 21.8 Å². The maximum absolute atomic E-state index is 12.6. The lowest BCUT2D eigenvalue weighted by atomic mass is 10.0. The minimum absolute atomic E-state index is 0.000146. The van der Waals surface area contributed by atoms with Crippen LogP contribution in [0.1, 0.15) is 57.5 Å².